The van der Waals surface area contributed by atoms with E-state index in [9.17, 15) is 31.1 Å². The second-order valence-electron chi connectivity index (χ2n) is 6.11. The van der Waals surface area contributed by atoms with Crippen LogP contribution in [0.25, 0.3) is 0 Å². The Morgan fingerprint density at radius 1 is 0.867 bits per heavy atom. The molecule has 2 rings (SSSR count). The Morgan fingerprint density at radius 2 is 1.43 bits per heavy atom. The number of alkyl halides is 6. The van der Waals surface area contributed by atoms with Crippen LogP contribution < -0.4 is 20.1 Å². The second-order valence-corrected chi connectivity index (χ2v) is 6.11. The minimum absolute atomic E-state index is 0.0162. The van der Waals surface area contributed by atoms with Crippen molar-refractivity contribution in [1.29, 1.82) is 0 Å². The van der Waals surface area contributed by atoms with E-state index in [2.05, 4.69) is 10.6 Å². The fourth-order valence-corrected chi connectivity index (χ4v) is 2.49. The molecule has 11 heteroatoms. The molecule has 0 saturated heterocycles. The van der Waals surface area contributed by atoms with E-state index in [-0.39, 0.29) is 12.6 Å². The molecule has 2 N–H and O–H groups in total. The van der Waals surface area contributed by atoms with E-state index in [1.807, 2.05) is 0 Å². The lowest BCUT2D eigenvalue weighted by molar-refractivity contribution is -0.143. The average molecular weight is 436 g/mol. The Kier molecular flexibility index (Phi) is 7.06. The second kappa shape index (κ2) is 9.14. The van der Waals surface area contributed by atoms with Crippen molar-refractivity contribution in [1.82, 2.24) is 5.32 Å². The van der Waals surface area contributed by atoms with Crippen LogP contribution in [0.2, 0.25) is 0 Å². The molecule has 164 valence electrons. The summed E-state index contributed by atoms with van der Waals surface area (Å²) in [6.45, 7) is -0.455. The van der Waals surface area contributed by atoms with Gasteiger partial charge in [-0.05, 0) is 35.9 Å². The van der Waals surface area contributed by atoms with Crippen molar-refractivity contribution in [3.05, 3.63) is 53.1 Å². The van der Waals surface area contributed by atoms with Crippen LogP contribution in [0.15, 0.2) is 36.4 Å². The number of carbonyl (C=O) groups excluding carboxylic acids is 1. The van der Waals surface area contributed by atoms with Crippen molar-refractivity contribution >= 4 is 11.6 Å². The smallest absolute Gasteiger partial charge is 0.416 e. The fourth-order valence-electron chi connectivity index (χ4n) is 2.49. The number of carbonyl (C=O) groups is 1. The highest BCUT2D eigenvalue weighted by atomic mass is 19.4. The third kappa shape index (κ3) is 6.19. The van der Waals surface area contributed by atoms with Crippen molar-refractivity contribution in [3.63, 3.8) is 0 Å². The molecule has 0 bridgehead atoms. The van der Waals surface area contributed by atoms with Crippen molar-refractivity contribution in [2.45, 2.75) is 18.9 Å². The molecule has 0 aromatic heterocycles. The van der Waals surface area contributed by atoms with E-state index in [1.54, 1.807) is 18.2 Å². The van der Waals surface area contributed by atoms with E-state index in [0.717, 1.165) is 0 Å². The fraction of sp³-hybridized carbons (Fsp3) is 0.316. The van der Waals surface area contributed by atoms with Gasteiger partial charge >= 0.3 is 12.4 Å². The quantitative estimate of drug-likeness (QED) is 0.629. The molecule has 1 amide bonds. The zero-order valence-electron chi connectivity index (χ0n) is 15.9. The molecule has 0 aliphatic carbocycles. The van der Waals surface area contributed by atoms with Gasteiger partial charge in [0.2, 0.25) is 5.91 Å². The van der Waals surface area contributed by atoms with E-state index < -0.39 is 41.6 Å². The molecule has 0 unspecified atom stereocenters. The van der Waals surface area contributed by atoms with Crippen molar-refractivity contribution in [2.75, 3.05) is 26.1 Å². The summed E-state index contributed by atoms with van der Waals surface area (Å²) in [5.74, 6) is 0.293. The predicted octanol–water partition coefficient (Wildman–Crippen LogP) is 4.47. The monoisotopic (exact) mass is 436 g/mol. The summed E-state index contributed by atoms with van der Waals surface area (Å²) in [4.78, 5) is 12.0. The lowest BCUT2D eigenvalue weighted by Gasteiger charge is -2.15. The molecular weight excluding hydrogens is 418 g/mol. The zero-order chi connectivity index (χ0) is 22.5. The van der Waals surface area contributed by atoms with Gasteiger partial charge in [-0.1, -0.05) is 6.07 Å². The van der Waals surface area contributed by atoms with E-state index in [0.29, 0.717) is 29.2 Å². The Balaban J connectivity index is 2.04. The molecule has 0 atom stereocenters. The van der Waals surface area contributed by atoms with E-state index in [4.69, 9.17) is 9.47 Å². The van der Waals surface area contributed by atoms with Gasteiger partial charge in [0.1, 0.15) is 0 Å². The van der Waals surface area contributed by atoms with Crippen LogP contribution in [0.5, 0.6) is 11.5 Å². The molecule has 0 spiro atoms. The largest absolute Gasteiger partial charge is 0.493 e. The van der Waals surface area contributed by atoms with Gasteiger partial charge in [0.15, 0.2) is 11.5 Å². The molecule has 0 heterocycles. The Hall–Kier alpha value is -3.11. The third-order valence-corrected chi connectivity index (χ3v) is 3.98. The van der Waals surface area contributed by atoms with Crippen LogP contribution in [0.3, 0.4) is 0 Å². The predicted molar refractivity (Wildman–Crippen MR) is 96.3 cm³/mol. The van der Waals surface area contributed by atoms with Crippen molar-refractivity contribution in [2.24, 2.45) is 0 Å². The highest BCUT2D eigenvalue weighted by molar-refractivity contribution is 5.80. The number of amides is 1. The van der Waals surface area contributed by atoms with Crippen LogP contribution in [0.1, 0.15) is 16.7 Å². The number of nitrogens with one attached hydrogen (secondary N) is 2. The van der Waals surface area contributed by atoms with Gasteiger partial charge in [-0.25, -0.2) is 0 Å². The van der Waals surface area contributed by atoms with Gasteiger partial charge in [-0.2, -0.15) is 26.3 Å². The first kappa shape index (κ1) is 23.2. The summed E-state index contributed by atoms with van der Waals surface area (Å²) in [6.07, 6.45) is -9.93. The number of methoxy groups -OCH3 is 2. The summed E-state index contributed by atoms with van der Waals surface area (Å²) >= 11 is 0. The van der Waals surface area contributed by atoms with Crippen LogP contribution in [-0.4, -0.2) is 26.7 Å². The molecule has 0 aliphatic rings. The molecule has 0 radical (unpaired) electrons. The number of rotatable bonds is 7. The first-order chi connectivity index (χ1) is 13.9. The van der Waals surface area contributed by atoms with Gasteiger partial charge in [0.25, 0.3) is 0 Å². The summed E-state index contributed by atoms with van der Waals surface area (Å²) in [5.41, 5.74) is -2.76. The minimum atomic E-state index is -4.96. The van der Waals surface area contributed by atoms with Gasteiger partial charge in [-0.15, -0.1) is 0 Å². The molecule has 0 fully saturated rings. The van der Waals surface area contributed by atoms with Crippen molar-refractivity contribution < 1.29 is 40.6 Å². The number of anilines is 1. The van der Waals surface area contributed by atoms with Gasteiger partial charge in [-0.3, -0.25) is 4.79 Å². The number of ether oxygens (including phenoxy) is 2. The summed E-state index contributed by atoms with van der Waals surface area (Å²) < 4.78 is 87.4. The van der Waals surface area contributed by atoms with Crippen LogP contribution in [-0.2, 0) is 23.7 Å². The van der Waals surface area contributed by atoms with Gasteiger partial charge < -0.3 is 20.1 Å². The number of hydrogen-bond acceptors (Lipinski definition) is 4. The number of halogens is 6. The van der Waals surface area contributed by atoms with Gasteiger partial charge in [0, 0.05) is 12.2 Å². The summed E-state index contributed by atoms with van der Waals surface area (Å²) in [5, 5.41) is 4.80. The molecule has 2 aromatic rings. The lowest BCUT2D eigenvalue weighted by Crippen LogP contribution is -2.29. The standard InChI is InChI=1S/C19H18F6N2O3/c1-29-15-4-3-11(5-16(15)30-2)9-27-17(28)10-26-14-7-12(18(20,21)22)6-13(8-14)19(23,24)25/h3-8,26H,9-10H2,1-2H3,(H,27,28). The van der Waals surface area contributed by atoms with Gasteiger partial charge in [0.05, 0.1) is 31.9 Å². The molecular formula is C19H18F6N2O3. The van der Waals surface area contributed by atoms with Crippen LogP contribution in [0, 0.1) is 0 Å². The Bertz CT molecular complexity index is 865. The normalized spacial score (nSPS) is 11.7. The molecule has 0 saturated carbocycles. The first-order valence-corrected chi connectivity index (χ1v) is 8.45. The molecule has 0 aliphatic heterocycles. The topological polar surface area (TPSA) is 59.6 Å². The zero-order valence-corrected chi connectivity index (χ0v) is 15.9. The average Bonchev–Trinajstić information content (AvgIpc) is 2.68. The SMILES string of the molecule is COc1ccc(CNC(=O)CNc2cc(C(F)(F)F)cc(C(F)(F)F)c2)cc1OC. The highest BCUT2D eigenvalue weighted by Crippen LogP contribution is 2.37. The van der Waals surface area contributed by atoms with Crippen LogP contribution >= 0.6 is 0 Å². The maximum Gasteiger partial charge on any atom is 0.416 e. The maximum absolute atomic E-state index is 12.9. The Morgan fingerprint density at radius 3 is 1.93 bits per heavy atom. The number of hydrogen-bond donors (Lipinski definition) is 2. The molecule has 2 aromatic carbocycles. The number of benzene rings is 2. The third-order valence-electron chi connectivity index (χ3n) is 3.98. The summed E-state index contributed by atoms with van der Waals surface area (Å²) in [6, 6.07) is 5.95. The Labute approximate surface area is 168 Å². The first-order valence-electron chi connectivity index (χ1n) is 8.45. The lowest BCUT2D eigenvalue weighted by atomic mass is 10.1. The van der Waals surface area contributed by atoms with Crippen LogP contribution in [0.4, 0.5) is 32.0 Å². The molecule has 5 nitrogen and oxygen atoms in total. The summed E-state index contributed by atoms with van der Waals surface area (Å²) in [7, 11) is 2.90. The van der Waals surface area contributed by atoms with E-state index >= 15 is 0 Å². The maximum atomic E-state index is 12.9. The highest BCUT2D eigenvalue weighted by Gasteiger charge is 2.36. The molecule has 30 heavy (non-hydrogen) atoms. The minimum Gasteiger partial charge on any atom is -0.493 e. The van der Waals surface area contributed by atoms with Crippen molar-refractivity contribution in [3.8, 4) is 11.5 Å². The van der Waals surface area contributed by atoms with E-state index in [1.165, 1.54) is 14.2 Å².